The summed E-state index contributed by atoms with van der Waals surface area (Å²) in [4.78, 5) is 9.39. The number of fused-ring (bicyclic) bond motifs is 1. The van der Waals surface area contributed by atoms with Gasteiger partial charge in [-0.2, -0.15) is 11.8 Å². The van der Waals surface area contributed by atoms with Crippen LogP contribution in [-0.4, -0.2) is 9.97 Å². The summed E-state index contributed by atoms with van der Waals surface area (Å²) in [5, 5.41) is 0. The van der Waals surface area contributed by atoms with Gasteiger partial charge in [-0.25, -0.2) is 9.97 Å². The van der Waals surface area contributed by atoms with E-state index in [-0.39, 0.29) is 0 Å². The van der Waals surface area contributed by atoms with Gasteiger partial charge in [-0.05, 0) is 37.5 Å². The molecule has 0 aromatic carbocycles. The van der Waals surface area contributed by atoms with E-state index in [4.69, 9.17) is 10.7 Å². The van der Waals surface area contributed by atoms with Crippen LogP contribution in [0.25, 0.3) is 0 Å². The van der Waals surface area contributed by atoms with Crippen LogP contribution in [0.5, 0.6) is 0 Å². The van der Waals surface area contributed by atoms with E-state index in [9.17, 15) is 0 Å². The molecular weight excluding hydrogens is 254 g/mol. The highest BCUT2D eigenvalue weighted by atomic mass is 32.2. The second-order valence-corrected chi connectivity index (χ2v) is 7.23. The summed E-state index contributed by atoms with van der Waals surface area (Å²) >= 11 is 1.89. The number of thioether (sulfide) groups is 1. The van der Waals surface area contributed by atoms with Gasteiger partial charge in [0.2, 0.25) is 0 Å². The first kappa shape index (κ1) is 13.2. The molecular formula is C15H23N3S. The largest absolute Gasteiger partial charge is 0.383 e. The number of hydrogen-bond acceptors (Lipinski definition) is 4. The highest BCUT2D eigenvalue weighted by molar-refractivity contribution is 7.98. The van der Waals surface area contributed by atoms with E-state index in [0.29, 0.717) is 5.92 Å². The molecule has 2 N–H and O–H groups in total. The topological polar surface area (TPSA) is 51.8 Å². The number of rotatable bonds is 2. The minimum absolute atomic E-state index is 0.535. The van der Waals surface area contributed by atoms with E-state index in [0.717, 1.165) is 35.0 Å². The molecule has 0 radical (unpaired) electrons. The SMILES string of the molecule is CC(C)C1CCC(c2nc(N)c3c(n2)CSC3)CC1. The third-order valence-electron chi connectivity index (χ3n) is 4.71. The zero-order valence-corrected chi connectivity index (χ0v) is 12.7. The lowest BCUT2D eigenvalue weighted by Gasteiger charge is -2.30. The Labute approximate surface area is 119 Å². The van der Waals surface area contributed by atoms with Crippen molar-refractivity contribution in [3.05, 3.63) is 17.1 Å². The number of aromatic nitrogens is 2. The van der Waals surface area contributed by atoms with E-state index in [1.807, 2.05) is 11.8 Å². The van der Waals surface area contributed by atoms with E-state index in [1.165, 1.54) is 36.9 Å². The molecule has 1 aliphatic carbocycles. The molecule has 3 rings (SSSR count). The normalized spacial score (nSPS) is 26.7. The van der Waals surface area contributed by atoms with Crippen molar-refractivity contribution in [1.82, 2.24) is 9.97 Å². The van der Waals surface area contributed by atoms with Crippen LogP contribution in [0.2, 0.25) is 0 Å². The molecule has 1 fully saturated rings. The van der Waals surface area contributed by atoms with Crippen molar-refractivity contribution < 1.29 is 0 Å². The Balaban J connectivity index is 1.75. The summed E-state index contributed by atoms with van der Waals surface area (Å²) < 4.78 is 0. The van der Waals surface area contributed by atoms with Gasteiger partial charge in [0, 0.05) is 23.0 Å². The molecule has 1 aliphatic heterocycles. The van der Waals surface area contributed by atoms with Crippen molar-refractivity contribution in [2.75, 3.05) is 5.73 Å². The molecule has 104 valence electrons. The van der Waals surface area contributed by atoms with Crippen LogP contribution >= 0.6 is 11.8 Å². The molecule has 1 saturated carbocycles. The van der Waals surface area contributed by atoms with Crippen molar-refractivity contribution in [2.24, 2.45) is 11.8 Å². The van der Waals surface area contributed by atoms with Crippen LogP contribution in [-0.2, 0) is 11.5 Å². The van der Waals surface area contributed by atoms with Gasteiger partial charge in [0.05, 0.1) is 5.69 Å². The van der Waals surface area contributed by atoms with Crippen molar-refractivity contribution >= 4 is 17.6 Å². The lowest BCUT2D eigenvalue weighted by Crippen LogP contribution is -2.19. The molecule has 1 aromatic rings. The van der Waals surface area contributed by atoms with Crippen molar-refractivity contribution in [1.29, 1.82) is 0 Å². The first-order valence-electron chi connectivity index (χ1n) is 7.38. The number of nitrogens with two attached hydrogens (primary N) is 1. The highest BCUT2D eigenvalue weighted by Gasteiger charge is 2.27. The predicted octanol–water partition coefficient (Wildman–Crippen LogP) is 3.74. The zero-order valence-electron chi connectivity index (χ0n) is 11.9. The van der Waals surface area contributed by atoms with Gasteiger partial charge in [0.1, 0.15) is 11.6 Å². The van der Waals surface area contributed by atoms with Crippen LogP contribution in [0, 0.1) is 11.8 Å². The summed E-state index contributed by atoms with van der Waals surface area (Å²) in [5.41, 5.74) is 8.47. The van der Waals surface area contributed by atoms with Crippen LogP contribution in [0.3, 0.4) is 0 Å². The summed E-state index contributed by atoms with van der Waals surface area (Å²) in [6.07, 6.45) is 5.09. The van der Waals surface area contributed by atoms with Crippen molar-refractivity contribution in [3.8, 4) is 0 Å². The lowest BCUT2D eigenvalue weighted by atomic mass is 9.76. The fourth-order valence-corrected chi connectivity index (χ4v) is 4.38. The molecule has 19 heavy (non-hydrogen) atoms. The Morgan fingerprint density at radius 2 is 1.84 bits per heavy atom. The minimum Gasteiger partial charge on any atom is -0.383 e. The molecule has 2 heterocycles. The van der Waals surface area contributed by atoms with Crippen molar-refractivity contribution in [2.45, 2.75) is 57.0 Å². The Hall–Kier alpha value is -0.770. The van der Waals surface area contributed by atoms with Gasteiger partial charge < -0.3 is 5.73 Å². The molecule has 0 spiro atoms. The monoisotopic (exact) mass is 277 g/mol. The number of nitrogen functional groups attached to an aromatic ring is 1. The van der Waals surface area contributed by atoms with Gasteiger partial charge in [0.15, 0.2) is 0 Å². The van der Waals surface area contributed by atoms with Crippen LogP contribution in [0.15, 0.2) is 0 Å². The average molecular weight is 277 g/mol. The highest BCUT2D eigenvalue weighted by Crippen LogP contribution is 2.39. The van der Waals surface area contributed by atoms with Gasteiger partial charge >= 0.3 is 0 Å². The lowest BCUT2D eigenvalue weighted by molar-refractivity contribution is 0.254. The minimum atomic E-state index is 0.535. The smallest absolute Gasteiger partial charge is 0.134 e. The third-order valence-corrected chi connectivity index (χ3v) is 5.68. The van der Waals surface area contributed by atoms with E-state index >= 15 is 0 Å². The summed E-state index contributed by atoms with van der Waals surface area (Å²) in [5.74, 6) is 5.98. The number of hydrogen-bond donors (Lipinski definition) is 1. The Kier molecular flexibility index (Phi) is 3.70. The molecule has 2 aliphatic rings. The summed E-state index contributed by atoms with van der Waals surface area (Å²) in [7, 11) is 0. The predicted molar refractivity (Wildman–Crippen MR) is 81.0 cm³/mol. The van der Waals surface area contributed by atoms with Gasteiger partial charge in [-0.1, -0.05) is 13.8 Å². The van der Waals surface area contributed by atoms with Gasteiger partial charge in [-0.15, -0.1) is 0 Å². The maximum absolute atomic E-state index is 6.09. The Morgan fingerprint density at radius 3 is 2.53 bits per heavy atom. The van der Waals surface area contributed by atoms with E-state index < -0.39 is 0 Å². The molecule has 1 aromatic heterocycles. The maximum Gasteiger partial charge on any atom is 0.134 e. The zero-order chi connectivity index (χ0) is 13.4. The molecule has 0 bridgehead atoms. The summed E-state index contributed by atoms with van der Waals surface area (Å²) in [6, 6.07) is 0. The van der Waals surface area contributed by atoms with Crippen molar-refractivity contribution in [3.63, 3.8) is 0 Å². The van der Waals surface area contributed by atoms with Crippen LogP contribution in [0.4, 0.5) is 5.82 Å². The fraction of sp³-hybridized carbons (Fsp3) is 0.733. The second-order valence-electron chi connectivity index (χ2n) is 6.24. The standard InChI is InChI=1S/C15H23N3S/c1-9(2)10-3-5-11(6-4-10)15-17-13-8-19-7-12(13)14(16)18-15/h9-11H,3-8H2,1-2H3,(H2,16,17,18). The molecule has 0 unspecified atom stereocenters. The Bertz CT molecular complexity index is 465. The fourth-order valence-electron chi connectivity index (χ4n) is 3.32. The first-order valence-corrected chi connectivity index (χ1v) is 8.53. The van der Waals surface area contributed by atoms with Crippen LogP contribution < -0.4 is 5.73 Å². The molecule has 0 atom stereocenters. The number of anilines is 1. The molecule has 4 heteroatoms. The maximum atomic E-state index is 6.09. The third kappa shape index (κ3) is 2.60. The van der Waals surface area contributed by atoms with Gasteiger partial charge in [-0.3, -0.25) is 0 Å². The van der Waals surface area contributed by atoms with Crippen LogP contribution in [0.1, 0.15) is 62.5 Å². The summed E-state index contributed by atoms with van der Waals surface area (Å²) in [6.45, 7) is 4.68. The number of nitrogens with zero attached hydrogens (tertiary/aromatic N) is 2. The first-order chi connectivity index (χ1) is 9.15. The quantitative estimate of drug-likeness (QED) is 0.894. The average Bonchev–Trinajstić information content (AvgIpc) is 2.87. The Morgan fingerprint density at radius 1 is 1.11 bits per heavy atom. The molecule has 3 nitrogen and oxygen atoms in total. The molecule has 0 amide bonds. The molecule has 0 saturated heterocycles. The van der Waals surface area contributed by atoms with E-state index in [1.54, 1.807) is 0 Å². The second kappa shape index (κ2) is 5.31. The van der Waals surface area contributed by atoms with E-state index in [2.05, 4.69) is 18.8 Å². The van der Waals surface area contributed by atoms with Gasteiger partial charge in [0.25, 0.3) is 0 Å².